The third-order valence-electron chi connectivity index (χ3n) is 3.75. The van der Waals surface area contributed by atoms with Crippen LogP contribution in [0.5, 0.6) is 0 Å². The Kier molecular flexibility index (Phi) is 8.13. The quantitative estimate of drug-likeness (QED) is 0.710. The number of rotatable bonds is 9. The molecular formula is C18H29NO3. The van der Waals surface area contributed by atoms with Crippen LogP contribution in [0.1, 0.15) is 45.2 Å². The van der Waals surface area contributed by atoms with Crippen molar-refractivity contribution in [3.05, 3.63) is 35.9 Å². The molecule has 0 fully saturated rings. The molecule has 0 heterocycles. The molecular weight excluding hydrogens is 278 g/mol. The Morgan fingerprint density at radius 3 is 2.18 bits per heavy atom. The van der Waals surface area contributed by atoms with Gasteiger partial charge >= 0.3 is 0 Å². The molecule has 1 aromatic rings. The summed E-state index contributed by atoms with van der Waals surface area (Å²) in [6, 6.07) is 9.96. The van der Waals surface area contributed by atoms with Crippen molar-refractivity contribution in [3.63, 3.8) is 0 Å². The minimum atomic E-state index is -0.347. The van der Waals surface area contributed by atoms with E-state index >= 15 is 0 Å². The molecule has 1 N–H and O–H groups in total. The molecule has 0 aliphatic carbocycles. The van der Waals surface area contributed by atoms with Crippen LogP contribution in [0, 0.1) is 11.8 Å². The minimum absolute atomic E-state index is 0.00283. The van der Waals surface area contributed by atoms with Crippen molar-refractivity contribution in [1.82, 2.24) is 5.32 Å². The molecule has 2 atom stereocenters. The number of amides is 1. The lowest BCUT2D eigenvalue weighted by molar-refractivity contribution is -0.149. The Hall–Kier alpha value is -1.39. The van der Waals surface area contributed by atoms with Gasteiger partial charge in [-0.1, -0.05) is 44.2 Å². The molecule has 0 aromatic heterocycles. The maximum atomic E-state index is 12.3. The van der Waals surface area contributed by atoms with Gasteiger partial charge in [-0.25, -0.2) is 0 Å². The summed E-state index contributed by atoms with van der Waals surface area (Å²) < 4.78 is 10.7. The predicted octanol–water partition coefficient (Wildman–Crippen LogP) is 3.54. The lowest BCUT2D eigenvalue weighted by Crippen LogP contribution is -2.34. The molecule has 0 saturated carbocycles. The molecule has 0 radical (unpaired) electrons. The Bertz CT molecular complexity index is 429. The smallest absolute Gasteiger partial charge is 0.220 e. The lowest BCUT2D eigenvalue weighted by atomic mass is 9.93. The van der Waals surface area contributed by atoms with Gasteiger partial charge in [-0.05, 0) is 24.8 Å². The van der Waals surface area contributed by atoms with Crippen molar-refractivity contribution in [2.75, 3.05) is 14.2 Å². The number of carbonyl (C=O) groups excluding carboxylic acids is 1. The average Bonchev–Trinajstić information content (AvgIpc) is 2.48. The van der Waals surface area contributed by atoms with Crippen LogP contribution in [0.2, 0.25) is 0 Å². The first-order chi connectivity index (χ1) is 10.5. The van der Waals surface area contributed by atoms with Crippen LogP contribution in [0.15, 0.2) is 30.3 Å². The minimum Gasteiger partial charge on any atom is -0.356 e. The lowest BCUT2D eigenvalue weighted by Gasteiger charge is -2.26. The van der Waals surface area contributed by atoms with Crippen LogP contribution in [0.3, 0.4) is 0 Å². The van der Waals surface area contributed by atoms with E-state index in [0.717, 1.165) is 12.0 Å². The normalized spacial score (nSPS) is 14.1. The van der Waals surface area contributed by atoms with Crippen molar-refractivity contribution in [1.29, 1.82) is 0 Å². The second kappa shape index (κ2) is 9.59. The predicted molar refractivity (Wildman–Crippen MR) is 88.4 cm³/mol. The number of ether oxygens (including phenoxy) is 2. The SMILES string of the molecule is COC(OC)C(CC(=O)N[C@@H](C)c1ccccc1)CC(C)C. The molecule has 0 bridgehead atoms. The maximum Gasteiger partial charge on any atom is 0.220 e. The van der Waals surface area contributed by atoms with Crippen LogP contribution in [0.4, 0.5) is 0 Å². The van der Waals surface area contributed by atoms with Gasteiger partial charge in [-0.15, -0.1) is 0 Å². The fourth-order valence-corrected chi connectivity index (χ4v) is 2.74. The highest BCUT2D eigenvalue weighted by Crippen LogP contribution is 2.22. The summed E-state index contributed by atoms with van der Waals surface area (Å²) in [5, 5.41) is 3.05. The molecule has 0 spiro atoms. The number of carbonyl (C=O) groups is 1. The summed E-state index contributed by atoms with van der Waals surface area (Å²) in [4.78, 5) is 12.3. The molecule has 1 aromatic carbocycles. The standard InChI is InChI=1S/C18H29NO3/c1-13(2)11-16(18(21-4)22-5)12-17(20)19-14(3)15-9-7-6-8-10-15/h6-10,13-14,16,18H,11-12H2,1-5H3,(H,19,20)/t14-,16?/m0/s1. The fraction of sp³-hybridized carbons (Fsp3) is 0.611. The molecule has 0 saturated heterocycles. The second-order valence-electron chi connectivity index (χ2n) is 6.13. The zero-order valence-corrected chi connectivity index (χ0v) is 14.3. The summed E-state index contributed by atoms with van der Waals surface area (Å²) in [7, 11) is 3.23. The van der Waals surface area contributed by atoms with Gasteiger partial charge in [0.25, 0.3) is 0 Å². The Balaban J connectivity index is 2.62. The van der Waals surface area contributed by atoms with Crippen molar-refractivity contribution in [2.45, 2.75) is 45.9 Å². The van der Waals surface area contributed by atoms with Crippen molar-refractivity contribution >= 4 is 5.91 Å². The average molecular weight is 307 g/mol. The first kappa shape index (κ1) is 18.7. The van der Waals surface area contributed by atoms with Crippen LogP contribution in [-0.2, 0) is 14.3 Å². The van der Waals surface area contributed by atoms with E-state index in [0.29, 0.717) is 12.3 Å². The third-order valence-corrected chi connectivity index (χ3v) is 3.75. The highest BCUT2D eigenvalue weighted by Gasteiger charge is 2.25. The first-order valence-corrected chi connectivity index (χ1v) is 7.87. The van der Waals surface area contributed by atoms with Crippen molar-refractivity contribution < 1.29 is 14.3 Å². The van der Waals surface area contributed by atoms with Crippen LogP contribution < -0.4 is 5.32 Å². The molecule has 4 heteroatoms. The zero-order valence-electron chi connectivity index (χ0n) is 14.3. The molecule has 0 aliphatic rings. The third kappa shape index (κ3) is 6.16. The number of benzene rings is 1. The van der Waals surface area contributed by atoms with Gasteiger partial charge in [0.05, 0.1) is 6.04 Å². The van der Waals surface area contributed by atoms with E-state index in [9.17, 15) is 4.79 Å². The van der Waals surface area contributed by atoms with E-state index in [1.807, 2.05) is 37.3 Å². The van der Waals surface area contributed by atoms with Gasteiger partial charge in [-0.2, -0.15) is 0 Å². The van der Waals surface area contributed by atoms with Crippen molar-refractivity contribution in [3.8, 4) is 0 Å². The van der Waals surface area contributed by atoms with E-state index in [2.05, 4.69) is 19.2 Å². The summed E-state index contributed by atoms with van der Waals surface area (Å²) in [5.41, 5.74) is 1.10. The molecule has 1 rings (SSSR count). The fourth-order valence-electron chi connectivity index (χ4n) is 2.74. The summed E-state index contributed by atoms with van der Waals surface area (Å²) >= 11 is 0. The van der Waals surface area contributed by atoms with Gasteiger partial charge in [-0.3, -0.25) is 4.79 Å². The van der Waals surface area contributed by atoms with Gasteiger partial charge in [0.2, 0.25) is 5.91 Å². The van der Waals surface area contributed by atoms with Crippen LogP contribution in [-0.4, -0.2) is 26.4 Å². The first-order valence-electron chi connectivity index (χ1n) is 7.87. The molecule has 1 amide bonds. The van der Waals surface area contributed by atoms with Crippen LogP contribution >= 0.6 is 0 Å². The Morgan fingerprint density at radius 2 is 1.68 bits per heavy atom. The van der Waals surface area contributed by atoms with E-state index in [1.54, 1.807) is 14.2 Å². The summed E-state index contributed by atoms with van der Waals surface area (Å²) in [6.07, 6.45) is 0.946. The van der Waals surface area contributed by atoms with E-state index in [4.69, 9.17) is 9.47 Å². The molecule has 124 valence electrons. The van der Waals surface area contributed by atoms with E-state index < -0.39 is 0 Å². The van der Waals surface area contributed by atoms with Gasteiger partial charge in [0.15, 0.2) is 6.29 Å². The maximum absolute atomic E-state index is 12.3. The Labute approximate surface area is 134 Å². The highest BCUT2D eigenvalue weighted by molar-refractivity contribution is 5.76. The van der Waals surface area contributed by atoms with E-state index in [1.165, 1.54) is 0 Å². The number of hydrogen-bond donors (Lipinski definition) is 1. The molecule has 4 nitrogen and oxygen atoms in total. The molecule has 1 unspecified atom stereocenters. The number of hydrogen-bond acceptors (Lipinski definition) is 3. The van der Waals surface area contributed by atoms with Gasteiger partial charge < -0.3 is 14.8 Å². The van der Waals surface area contributed by atoms with Gasteiger partial charge in [0.1, 0.15) is 0 Å². The van der Waals surface area contributed by atoms with Crippen LogP contribution in [0.25, 0.3) is 0 Å². The zero-order chi connectivity index (χ0) is 16.5. The number of methoxy groups -OCH3 is 2. The summed E-state index contributed by atoms with van der Waals surface area (Å²) in [6.45, 7) is 6.27. The number of nitrogens with one attached hydrogen (secondary N) is 1. The monoisotopic (exact) mass is 307 g/mol. The largest absolute Gasteiger partial charge is 0.356 e. The van der Waals surface area contributed by atoms with Gasteiger partial charge in [0, 0.05) is 26.6 Å². The van der Waals surface area contributed by atoms with Crippen molar-refractivity contribution in [2.24, 2.45) is 11.8 Å². The van der Waals surface area contributed by atoms with E-state index in [-0.39, 0.29) is 24.2 Å². The Morgan fingerprint density at radius 1 is 1.09 bits per heavy atom. The second-order valence-corrected chi connectivity index (χ2v) is 6.13. The topological polar surface area (TPSA) is 47.6 Å². The summed E-state index contributed by atoms with van der Waals surface area (Å²) in [5.74, 6) is 0.566. The highest BCUT2D eigenvalue weighted by atomic mass is 16.7. The molecule has 22 heavy (non-hydrogen) atoms. The molecule has 0 aliphatic heterocycles.